The van der Waals surface area contributed by atoms with Crippen molar-refractivity contribution in [3.63, 3.8) is 0 Å². The summed E-state index contributed by atoms with van der Waals surface area (Å²) in [6, 6.07) is 19.7. The Kier molecular flexibility index (Phi) is 9.94. The molecule has 0 heterocycles. The zero-order chi connectivity index (χ0) is 27.9. The normalized spacial score (nSPS) is 12.0. The van der Waals surface area contributed by atoms with Crippen LogP contribution in [0.3, 0.4) is 0 Å². The Morgan fingerprint density at radius 2 is 1.63 bits per heavy atom. The first-order valence-electron chi connectivity index (χ1n) is 12.5. The second-order valence-electron chi connectivity index (χ2n) is 9.07. The third kappa shape index (κ3) is 6.94. The van der Waals surface area contributed by atoms with Gasteiger partial charge in [-0.05, 0) is 68.7 Å². The van der Waals surface area contributed by atoms with Gasteiger partial charge < -0.3 is 10.2 Å². The number of carbonyl (C=O) groups is 2. The fourth-order valence-electron chi connectivity index (χ4n) is 4.18. The average molecular weight is 556 g/mol. The average Bonchev–Trinajstić information content (AvgIpc) is 2.88. The lowest BCUT2D eigenvalue weighted by atomic mass is 10.1. The summed E-state index contributed by atoms with van der Waals surface area (Å²) in [4.78, 5) is 28.5. The fourth-order valence-corrected chi connectivity index (χ4v) is 5.77. The van der Waals surface area contributed by atoms with Crippen molar-refractivity contribution in [2.24, 2.45) is 0 Å². The highest BCUT2D eigenvalue weighted by Crippen LogP contribution is 2.27. The van der Waals surface area contributed by atoms with Crippen LogP contribution in [0.1, 0.15) is 37.0 Å². The second kappa shape index (κ2) is 12.9. The minimum absolute atomic E-state index is 0.0529. The highest BCUT2D eigenvalue weighted by atomic mass is 35.5. The summed E-state index contributed by atoms with van der Waals surface area (Å²) in [6.45, 7) is 7.52. The Balaban J connectivity index is 2.07. The first-order valence-corrected chi connectivity index (χ1v) is 14.4. The summed E-state index contributed by atoms with van der Waals surface area (Å²) >= 11 is 6.21. The van der Waals surface area contributed by atoms with E-state index in [0.717, 1.165) is 21.0 Å². The van der Waals surface area contributed by atoms with Crippen molar-refractivity contribution in [2.45, 2.75) is 51.6 Å². The van der Waals surface area contributed by atoms with E-state index in [0.29, 0.717) is 18.0 Å². The molecule has 3 aromatic carbocycles. The predicted molar refractivity (Wildman–Crippen MR) is 152 cm³/mol. The molecule has 1 N–H and O–H groups in total. The number of nitrogens with zero attached hydrogens (tertiary/aromatic N) is 2. The quantitative estimate of drug-likeness (QED) is 0.357. The molecule has 38 heavy (non-hydrogen) atoms. The Bertz CT molecular complexity index is 1380. The molecule has 9 heteroatoms. The van der Waals surface area contributed by atoms with Gasteiger partial charge in [0.1, 0.15) is 12.6 Å². The monoisotopic (exact) mass is 555 g/mol. The van der Waals surface area contributed by atoms with Gasteiger partial charge in [0, 0.05) is 18.1 Å². The van der Waals surface area contributed by atoms with Crippen molar-refractivity contribution < 1.29 is 18.0 Å². The summed E-state index contributed by atoms with van der Waals surface area (Å²) in [5.41, 5.74) is 3.01. The highest BCUT2D eigenvalue weighted by Gasteiger charge is 2.33. The van der Waals surface area contributed by atoms with Crippen LogP contribution in [0.2, 0.25) is 5.02 Å². The van der Waals surface area contributed by atoms with Gasteiger partial charge in [-0.25, -0.2) is 8.42 Å². The van der Waals surface area contributed by atoms with Crippen LogP contribution in [-0.2, 0) is 26.2 Å². The van der Waals surface area contributed by atoms with Crippen molar-refractivity contribution in [1.82, 2.24) is 10.2 Å². The van der Waals surface area contributed by atoms with Gasteiger partial charge in [-0.15, -0.1) is 0 Å². The summed E-state index contributed by atoms with van der Waals surface area (Å²) < 4.78 is 28.7. The molecule has 2 amide bonds. The van der Waals surface area contributed by atoms with E-state index >= 15 is 0 Å². The second-order valence-corrected chi connectivity index (χ2v) is 11.4. The van der Waals surface area contributed by atoms with Crippen molar-refractivity contribution in [2.75, 3.05) is 17.4 Å². The highest BCUT2D eigenvalue weighted by molar-refractivity contribution is 7.92. The van der Waals surface area contributed by atoms with Gasteiger partial charge in [0.25, 0.3) is 10.0 Å². The van der Waals surface area contributed by atoms with E-state index in [4.69, 9.17) is 11.6 Å². The number of benzene rings is 3. The third-order valence-electron chi connectivity index (χ3n) is 6.32. The number of anilines is 1. The van der Waals surface area contributed by atoms with Crippen molar-refractivity contribution in [3.8, 4) is 0 Å². The summed E-state index contributed by atoms with van der Waals surface area (Å²) in [5, 5.41) is 3.14. The smallest absolute Gasteiger partial charge is 0.264 e. The van der Waals surface area contributed by atoms with E-state index in [2.05, 4.69) is 5.32 Å². The van der Waals surface area contributed by atoms with E-state index < -0.39 is 28.5 Å². The molecule has 0 saturated carbocycles. The number of aryl methyl sites for hydroxylation is 2. The number of halogens is 1. The van der Waals surface area contributed by atoms with E-state index in [1.54, 1.807) is 30.3 Å². The number of nitrogens with one attached hydrogen (secondary N) is 1. The number of hydrogen-bond acceptors (Lipinski definition) is 4. The van der Waals surface area contributed by atoms with Gasteiger partial charge in [0.2, 0.25) is 11.8 Å². The molecule has 0 aliphatic carbocycles. The van der Waals surface area contributed by atoms with Gasteiger partial charge in [0.05, 0.1) is 10.6 Å². The lowest BCUT2D eigenvalue weighted by molar-refractivity contribution is -0.140. The molecule has 202 valence electrons. The number of rotatable bonds is 11. The van der Waals surface area contributed by atoms with Crippen LogP contribution in [0.4, 0.5) is 5.69 Å². The van der Waals surface area contributed by atoms with Crippen molar-refractivity contribution in [1.29, 1.82) is 0 Å². The minimum atomic E-state index is -4.13. The molecular formula is C29H34ClN3O4S. The number of likely N-dealkylation sites (N-methyl/N-ethyl adjacent to an activating group) is 1. The zero-order valence-corrected chi connectivity index (χ0v) is 23.7. The van der Waals surface area contributed by atoms with Crippen LogP contribution in [0, 0.1) is 13.8 Å². The van der Waals surface area contributed by atoms with Gasteiger partial charge in [0.15, 0.2) is 0 Å². The molecule has 3 rings (SSSR count). The van der Waals surface area contributed by atoms with Gasteiger partial charge >= 0.3 is 0 Å². The first-order chi connectivity index (χ1) is 18.1. The fraction of sp³-hybridized carbons (Fsp3) is 0.310. The Hall–Kier alpha value is -3.36. The third-order valence-corrected chi connectivity index (χ3v) is 8.35. The Labute approximate surface area is 230 Å². The van der Waals surface area contributed by atoms with Crippen LogP contribution >= 0.6 is 11.6 Å². The molecule has 0 radical (unpaired) electrons. The van der Waals surface area contributed by atoms with E-state index in [1.165, 1.54) is 23.1 Å². The molecular weight excluding hydrogens is 522 g/mol. The molecule has 0 unspecified atom stereocenters. The zero-order valence-electron chi connectivity index (χ0n) is 22.1. The van der Waals surface area contributed by atoms with E-state index in [1.807, 2.05) is 52.0 Å². The maximum atomic E-state index is 14.0. The SMILES string of the molecule is CCNC(=O)[C@@H](CC)N(Cc1ccccc1C)C(=O)CN(c1cccc(Cl)c1)S(=O)(=O)c1ccc(C)cc1. The van der Waals surface area contributed by atoms with Crippen molar-refractivity contribution in [3.05, 3.63) is 94.5 Å². The molecule has 0 bridgehead atoms. The lowest BCUT2D eigenvalue weighted by Crippen LogP contribution is -2.52. The number of hydrogen-bond donors (Lipinski definition) is 1. The van der Waals surface area contributed by atoms with Crippen molar-refractivity contribution >= 4 is 39.1 Å². The topological polar surface area (TPSA) is 86.8 Å². The Morgan fingerprint density at radius 1 is 0.947 bits per heavy atom. The molecule has 0 spiro atoms. The Morgan fingerprint density at radius 3 is 2.24 bits per heavy atom. The number of carbonyl (C=O) groups excluding carboxylic acids is 2. The molecule has 0 aromatic heterocycles. The number of sulfonamides is 1. The van der Waals surface area contributed by atoms with Crippen LogP contribution < -0.4 is 9.62 Å². The van der Waals surface area contributed by atoms with Crippen LogP contribution in [0.5, 0.6) is 0 Å². The lowest BCUT2D eigenvalue weighted by Gasteiger charge is -2.33. The molecule has 0 aliphatic heterocycles. The molecule has 7 nitrogen and oxygen atoms in total. The van der Waals surface area contributed by atoms with Crippen LogP contribution in [-0.4, -0.2) is 44.3 Å². The molecule has 1 atom stereocenters. The van der Waals surface area contributed by atoms with Gasteiger partial charge in [-0.1, -0.05) is 66.6 Å². The maximum absolute atomic E-state index is 14.0. The van der Waals surface area contributed by atoms with Crippen LogP contribution in [0.25, 0.3) is 0 Å². The summed E-state index contributed by atoms with van der Waals surface area (Å²) in [7, 11) is -4.13. The minimum Gasteiger partial charge on any atom is -0.355 e. The molecule has 3 aromatic rings. The van der Waals surface area contributed by atoms with E-state index in [9.17, 15) is 18.0 Å². The maximum Gasteiger partial charge on any atom is 0.264 e. The summed E-state index contributed by atoms with van der Waals surface area (Å²) in [6.07, 6.45) is 0.366. The predicted octanol–water partition coefficient (Wildman–Crippen LogP) is 5.10. The van der Waals surface area contributed by atoms with E-state index in [-0.39, 0.29) is 23.0 Å². The molecule has 0 aliphatic rings. The van der Waals surface area contributed by atoms with Gasteiger partial charge in [-0.2, -0.15) is 0 Å². The van der Waals surface area contributed by atoms with Crippen LogP contribution in [0.15, 0.2) is 77.7 Å². The van der Waals surface area contributed by atoms with Gasteiger partial charge in [-0.3, -0.25) is 13.9 Å². The number of amides is 2. The standard InChI is InChI=1S/C29H34ClN3O4S/c1-5-27(29(35)31-6-2)32(19-23-11-8-7-10-22(23)4)28(34)20-33(25-13-9-12-24(30)18-25)38(36,37)26-16-14-21(3)15-17-26/h7-18,27H,5-6,19-20H2,1-4H3,(H,31,35)/t27-/m1/s1. The molecule has 0 saturated heterocycles. The molecule has 0 fully saturated rings. The largest absolute Gasteiger partial charge is 0.355 e. The first kappa shape index (κ1) is 29.2. The summed E-state index contributed by atoms with van der Waals surface area (Å²) in [5.74, 6) is -0.783.